The van der Waals surface area contributed by atoms with Gasteiger partial charge >= 0.3 is 12.4 Å². The Hall–Kier alpha value is -2.43. The molecule has 1 aliphatic rings. The Morgan fingerprint density at radius 3 is 2.12 bits per heavy atom. The molecule has 1 heterocycles. The van der Waals surface area contributed by atoms with Crippen molar-refractivity contribution in [1.82, 2.24) is 4.90 Å². The molecule has 0 saturated carbocycles. The molecule has 0 spiro atoms. The number of carbonyl (C=O) groups is 1. The van der Waals surface area contributed by atoms with E-state index >= 15 is 0 Å². The number of thioether (sulfide) groups is 1. The normalized spacial score (nSPS) is 15.2. The minimum Gasteiger partial charge on any atom is -0.366 e. The fraction of sp³-hybridized carbons (Fsp3) is 0.409. The van der Waals surface area contributed by atoms with Gasteiger partial charge in [0, 0.05) is 31.1 Å². The van der Waals surface area contributed by atoms with Crippen molar-refractivity contribution in [2.45, 2.75) is 30.6 Å². The molecular formula is C22H21F7N2OS. The van der Waals surface area contributed by atoms with E-state index in [9.17, 15) is 35.5 Å². The average molecular weight is 494 g/mol. The lowest BCUT2D eigenvalue weighted by Crippen LogP contribution is -2.49. The standard InChI is InChI=1S/C22H21F7N2OS/c1-14-10-17(23)18(12-19(14)33-13-21(24,25)26)30-6-8-31(9-7-30)20(32)11-15-2-4-16(5-3-15)22(27,28)29/h2-5,10,12H,6-9,11,13H2,1H3. The first-order chi connectivity index (χ1) is 15.3. The monoisotopic (exact) mass is 494 g/mol. The van der Waals surface area contributed by atoms with Crippen molar-refractivity contribution in [2.75, 3.05) is 36.8 Å². The first kappa shape index (κ1) is 25.2. The third-order valence-electron chi connectivity index (χ3n) is 5.25. The van der Waals surface area contributed by atoms with Crippen LogP contribution in [0.15, 0.2) is 41.3 Å². The molecule has 1 fully saturated rings. The smallest absolute Gasteiger partial charge is 0.366 e. The van der Waals surface area contributed by atoms with Crippen LogP contribution in [0.2, 0.25) is 0 Å². The Balaban J connectivity index is 1.60. The zero-order chi connectivity index (χ0) is 24.4. The number of anilines is 1. The summed E-state index contributed by atoms with van der Waals surface area (Å²) in [5.74, 6) is -1.89. The third kappa shape index (κ3) is 6.78. The van der Waals surface area contributed by atoms with Crippen molar-refractivity contribution in [1.29, 1.82) is 0 Å². The molecule has 2 aromatic rings. The van der Waals surface area contributed by atoms with E-state index in [1.165, 1.54) is 24.3 Å². The van der Waals surface area contributed by atoms with Gasteiger partial charge < -0.3 is 9.80 Å². The summed E-state index contributed by atoms with van der Waals surface area (Å²) < 4.78 is 90.2. The predicted octanol–water partition coefficient (Wildman–Crippen LogP) is 5.70. The van der Waals surface area contributed by atoms with Crippen molar-refractivity contribution in [3.8, 4) is 0 Å². The topological polar surface area (TPSA) is 23.6 Å². The van der Waals surface area contributed by atoms with Crippen LogP contribution in [0.25, 0.3) is 0 Å². The van der Waals surface area contributed by atoms with Gasteiger partial charge in [0.2, 0.25) is 5.91 Å². The molecular weight excluding hydrogens is 473 g/mol. The number of carbonyl (C=O) groups excluding carboxylic acids is 1. The van der Waals surface area contributed by atoms with Crippen molar-refractivity contribution in [3.63, 3.8) is 0 Å². The largest absolute Gasteiger partial charge is 0.416 e. The molecule has 1 saturated heterocycles. The van der Waals surface area contributed by atoms with E-state index in [-0.39, 0.29) is 44.2 Å². The van der Waals surface area contributed by atoms with Gasteiger partial charge in [-0.25, -0.2) is 4.39 Å². The molecule has 0 radical (unpaired) electrons. The second-order valence-corrected chi connectivity index (χ2v) is 8.73. The maximum atomic E-state index is 14.5. The number of alkyl halides is 6. The average Bonchev–Trinajstić information content (AvgIpc) is 2.72. The zero-order valence-electron chi connectivity index (χ0n) is 17.6. The molecule has 33 heavy (non-hydrogen) atoms. The van der Waals surface area contributed by atoms with Crippen LogP contribution in [-0.2, 0) is 17.4 Å². The van der Waals surface area contributed by atoms with Gasteiger partial charge in [0.15, 0.2) is 0 Å². The fourth-order valence-corrected chi connectivity index (χ4v) is 4.30. The van der Waals surface area contributed by atoms with E-state index in [0.717, 1.165) is 12.1 Å². The van der Waals surface area contributed by atoms with E-state index < -0.39 is 29.5 Å². The van der Waals surface area contributed by atoms with Gasteiger partial charge in [0.25, 0.3) is 0 Å². The highest BCUT2D eigenvalue weighted by Crippen LogP contribution is 2.34. The third-order valence-corrected chi connectivity index (χ3v) is 6.47. The van der Waals surface area contributed by atoms with Crippen LogP contribution in [0.1, 0.15) is 16.7 Å². The first-order valence-electron chi connectivity index (χ1n) is 10.0. The highest BCUT2D eigenvalue weighted by molar-refractivity contribution is 7.99. The Kier molecular flexibility index (Phi) is 7.50. The Morgan fingerprint density at radius 2 is 1.58 bits per heavy atom. The lowest BCUT2D eigenvalue weighted by molar-refractivity contribution is -0.137. The van der Waals surface area contributed by atoms with Crippen LogP contribution in [0.4, 0.5) is 36.4 Å². The molecule has 0 atom stereocenters. The molecule has 0 bridgehead atoms. The van der Waals surface area contributed by atoms with Gasteiger partial charge in [0.05, 0.1) is 23.4 Å². The van der Waals surface area contributed by atoms with E-state index in [1.807, 2.05) is 0 Å². The maximum absolute atomic E-state index is 14.5. The number of benzene rings is 2. The van der Waals surface area contributed by atoms with E-state index in [0.29, 0.717) is 27.8 Å². The van der Waals surface area contributed by atoms with Crippen molar-refractivity contribution < 1.29 is 35.5 Å². The Morgan fingerprint density at radius 1 is 0.970 bits per heavy atom. The summed E-state index contributed by atoms with van der Waals surface area (Å²) in [5.41, 5.74) is 0.252. The minimum absolute atomic E-state index is 0.0603. The maximum Gasteiger partial charge on any atom is 0.416 e. The molecule has 1 amide bonds. The molecule has 2 aromatic carbocycles. The highest BCUT2D eigenvalue weighted by Gasteiger charge is 2.31. The van der Waals surface area contributed by atoms with Crippen LogP contribution in [0.3, 0.4) is 0 Å². The van der Waals surface area contributed by atoms with E-state index in [2.05, 4.69) is 0 Å². The zero-order valence-corrected chi connectivity index (χ0v) is 18.4. The lowest BCUT2D eigenvalue weighted by atomic mass is 10.1. The molecule has 0 aromatic heterocycles. The van der Waals surface area contributed by atoms with Crippen molar-refractivity contribution in [3.05, 3.63) is 58.9 Å². The summed E-state index contributed by atoms with van der Waals surface area (Å²) in [6.07, 6.45) is -8.85. The highest BCUT2D eigenvalue weighted by atomic mass is 32.2. The fourth-order valence-electron chi connectivity index (χ4n) is 3.49. The van der Waals surface area contributed by atoms with E-state index in [1.54, 1.807) is 16.7 Å². The summed E-state index contributed by atoms with van der Waals surface area (Å²) in [4.78, 5) is 16.1. The molecule has 180 valence electrons. The molecule has 1 aliphatic heterocycles. The number of halogens is 7. The van der Waals surface area contributed by atoms with Crippen LogP contribution < -0.4 is 4.90 Å². The lowest BCUT2D eigenvalue weighted by Gasteiger charge is -2.36. The second kappa shape index (κ2) is 9.82. The number of nitrogens with zero attached hydrogens (tertiary/aromatic N) is 2. The van der Waals surface area contributed by atoms with Gasteiger partial charge in [0.1, 0.15) is 5.82 Å². The van der Waals surface area contributed by atoms with Crippen molar-refractivity contribution in [2.24, 2.45) is 0 Å². The molecule has 3 rings (SSSR count). The SMILES string of the molecule is Cc1cc(F)c(N2CCN(C(=O)Cc3ccc(C(F)(F)F)cc3)CC2)cc1SCC(F)(F)F. The number of aryl methyl sites for hydroxylation is 1. The Bertz CT molecular complexity index is 982. The van der Waals surface area contributed by atoms with Gasteiger partial charge in [-0.3, -0.25) is 4.79 Å². The van der Waals surface area contributed by atoms with Gasteiger partial charge in [-0.1, -0.05) is 12.1 Å². The number of amides is 1. The molecule has 0 N–H and O–H groups in total. The molecule has 11 heteroatoms. The summed E-state index contributed by atoms with van der Waals surface area (Å²) in [6, 6.07) is 6.98. The number of hydrogen-bond donors (Lipinski definition) is 0. The van der Waals surface area contributed by atoms with Crippen LogP contribution >= 0.6 is 11.8 Å². The molecule has 3 nitrogen and oxygen atoms in total. The summed E-state index contributed by atoms with van der Waals surface area (Å²) >= 11 is 0.597. The second-order valence-electron chi connectivity index (χ2n) is 7.71. The van der Waals surface area contributed by atoms with Gasteiger partial charge in [-0.05, 0) is 42.3 Å². The predicted molar refractivity (Wildman–Crippen MR) is 112 cm³/mol. The summed E-state index contributed by atoms with van der Waals surface area (Å²) in [7, 11) is 0. The minimum atomic E-state index is -4.45. The molecule has 0 aliphatic carbocycles. The van der Waals surface area contributed by atoms with Crippen molar-refractivity contribution >= 4 is 23.4 Å². The van der Waals surface area contributed by atoms with Crippen LogP contribution in [0, 0.1) is 12.7 Å². The van der Waals surface area contributed by atoms with E-state index in [4.69, 9.17) is 0 Å². The van der Waals surface area contributed by atoms with Gasteiger partial charge in [-0.2, -0.15) is 26.3 Å². The number of rotatable bonds is 5. The molecule has 0 unspecified atom stereocenters. The Labute approximate surface area is 190 Å². The first-order valence-corrected chi connectivity index (χ1v) is 11.0. The quantitative estimate of drug-likeness (QED) is 0.394. The number of hydrogen-bond acceptors (Lipinski definition) is 3. The summed E-state index contributed by atoms with van der Waals surface area (Å²) in [6.45, 7) is 2.63. The van der Waals surface area contributed by atoms with Crippen LogP contribution in [0.5, 0.6) is 0 Å². The number of piperazine rings is 1. The van der Waals surface area contributed by atoms with Gasteiger partial charge in [-0.15, -0.1) is 11.8 Å². The summed E-state index contributed by atoms with van der Waals surface area (Å²) in [5, 5.41) is 0. The van der Waals surface area contributed by atoms with Crippen LogP contribution in [-0.4, -0.2) is 48.9 Å².